The summed E-state index contributed by atoms with van der Waals surface area (Å²) in [6, 6.07) is 182. The Morgan fingerprint density at radius 2 is 0.587 bits per heavy atom. The van der Waals surface area contributed by atoms with Gasteiger partial charge in [-0.25, -0.2) is 15.0 Å². The highest BCUT2D eigenvalue weighted by Crippen LogP contribution is 2.53. The second-order valence-corrected chi connectivity index (χ2v) is 38.3. The largest absolute Gasteiger partial charge is 0.456 e. The van der Waals surface area contributed by atoms with Gasteiger partial charge in [0.05, 0.1) is 17.1 Å². The Balaban J connectivity index is 0.000000109. The van der Waals surface area contributed by atoms with Crippen molar-refractivity contribution in [1.29, 1.82) is 0 Å². The van der Waals surface area contributed by atoms with E-state index in [1.807, 2.05) is 97.1 Å². The Morgan fingerprint density at radius 3 is 1.15 bits per heavy atom. The monoisotopic (exact) mass is 1920 g/mol. The number of nitrogens with zero attached hydrogens (tertiary/aromatic N) is 7. The van der Waals surface area contributed by atoms with Crippen molar-refractivity contribution in [2.45, 2.75) is 12.0 Å². The van der Waals surface area contributed by atoms with Crippen molar-refractivity contribution in [2.75, 3.05) is 19.6 Å². The maximum Gasteiger partial charge on any atom is 0.227 e. The Morgan fingerprint density at radius 1 is 0.213 bits per heavy atom. The number of benzene rings is 24. The molecule has 0 saturated heterocycles. The normalized spacial score (nSPS) is 13.1. The Kier molecular flexibility index (Phi) is 21.8. The molecule has 0 spiro atoms. The van der Waals surface area contributed by atoms with Crippen molar-refractivity contribution in [2.24, 2.45) is 0 Å². The summed E-state index contributed by atoms with van der Waals surface area (Å²) in [5.74, 6) is 2.16. The second kappa shape index (κ2) is 37.3. The van der Waals surface area contributed by atoms with Crippen molar-refractivity contribution in [3.05, 3.63) is 546 Å². The molecule has 0 radical (unpaired) electrons. The van der Waals surface area contributed by atoms with Crippen LogP contribution in [0.3, 0.4) is 0 Å². The van der Waals surface area contributed by atoms with Gasteiger partial charge in [0.2, 0.25) is 17.7 Å². The highest BCUT2D eigenvalue weighted by Gasteiger charge is 2.38. The van der Waals surface area contributed by atoms with E-state index in [-0.39, 0.29) is 6.04 Å². The lowest BCUT2D eigenvalue weighted by Gasteiger charge is -2.30. The molecule has 1 aliphatic carbocycles. The molecule has 2 aliphatic rings. The second-order valence-electron chi connectivity index (χ2n) is 38.3. The molecule has 150 heavy (non-hydrogen) atoms. The molecule has 4 aromatic heterocycles. The number of furan rings is 1. The molecular weight excluding hydrogens is 1830 g/mol. The topological polar surface area (TPSA) is 104 Å². The van der Waals surface area contributed by atoms with Gasteiger partial charge in [-0.05, 0) is 280 Å². The number of aromatic nitrogens is 3. The lowest BCUT2D eigenvalue weighted by Crippen LogP contribution is -2.28. The zero-order chi connectivity index (χ0) is 99.1. The smallest absolute Gasteiger partial charge is 0.227 e. The summed E-state index contributed by atoms with van der Waals surface area (Å²) in [7, 11) is 0. The minimum Gasteiger partial charge on any atom is -0.456 e. The van der Waals surface area contributed by atoms with Crippen LogP contribution in [0.5, 0.6) is 0 Å². The van der Waals surface area contributed by atoms with Gasteiger partial charge in [0, 0.05) is 101 Å². The molecule has 1 aliphatic heterocycles. The van der Waals surface area contributed by atoms with Crippen LogP contribution in [-0.2, 0) is 0 Å². The van der Waals surface area contributed by atoms with E-state index in [4.69, 9.17) is 32.6 Å². The van der Waals surface area contributed by atoms with E-state index < -0.39 is 0 Å². The van der Waals surface area contributed by atoms with E-state index in [0.717, 1.165) is 199 Å². The average molecular weight is 1920 g/mol. The fraction of sp³-hybridized carbons (Fsp3) is 0.0144. The average Bonchev–Trinajstić information content (AvgIpc) is 1.41. The molecule has 0 saturated carbocycles. The van der Waals surface area contributed by atoms with Gasteiger partial charge in [0.15, 0.2) is 16.7 Å². The van der Waals surface area contributed by atoms with Crippen LogP contribution >= 0.6 is 0 Å². The molecule has 30 rings (SSSR count). The van der Waals surface area contributed by atoms with Crippen LogP contribution in [0, 0.1) is 0 Å². The fourth-order valence-electron chi connectivity index (χ4n) is 22.4. The maximum atomic E-state index is 6.82. The molecule has 11 heteroatoms. The number of fused-ring (bicyclic) bond motifs is 22. The Labute approximate surface area is 864 Å². The van der Waals surface area contributed by atoms with Crippen molar-refractivity contribution in [3.63, 3.8) is 0 Å². The lowest BCUT2D eigenvalue weighted by molar-refractivity contribution is 0.623. The van der Waals surface area contributed by atoms with Gasteiger partial charge >= 0.3 is 0 Å². The lowest BCUT2D eigenvalue weighted by atomic mass is 9.91. The SMILES string of the molecule is C1=CC2c3ccc(N(c4ccccc4)c4ccc5ccc6ccc7nc(-c8ccccc8-c8ccccc8)oc7c6c5c4)cc3N(c3ccccc3)C2C=C1.c1ccc(-c2ccc(N(c3ccc4ccc5ccc6nc(-c7ccccc7)oc6c5c4c3)c3cccc4oc5ccccc5c34)cc2)cc1.c1ccc(-c2nc3ccc4ccc5ccc(N(c6ccccc6)c6ccc(-c7ccc8ccccc8c7)cc6)cc5c4c3o2)cc1. The molecular formula is C139H91N7O4. The fourth-order valence-corrected chi connectivity index (χ4v) is 22.4. The van der Waals surface area contributed by atoms with Gasteiger partial charge in [0.1, 0.15) is 27.7 Å². The molecule has 0 amide bonds. The third-order valence-corrected chi connectivity index (χ3v) is 29.5. The molecule has 2 unspecified atom stereocenters. The first-order valence-electron chi connectivity index (χ1n) is 50.9. The summed E-state index contributed by atoms with van der Waals surface area (Å²) < 4.78 is 26.2. The number of rotatable bonds is 16. The molecule has 24 aromatic carbocycles. The van der Waals surface area contributed by atoms with Gasteiger partial charge < -0.3 is 37.3 Å². The van der Waals surface area contributed by atoms with Crippen LogP contribution in [0.25, 0.3) is 198 Å². The van der Waals surface area contributed by atoms with Crippen LogP contribution in [0.2, 0.25) is 0 Å². The Hall–Kier alpha value is -20.0. The summed E-state index contributed by atoms with van der Waals surface area (Å²) in [6.45, 7) is 0. The Bertz CT molecular complexity index is 10100. The molecule has 0 N–H and O–H groups in total. The molecule has 5 heterocycles. The van der Waals surface area contributed by atoms with Crippen LogP contribution in [0.15, 0.2) is 558 Å². The van der Waals surface area contributed by atoms with Crippen molar-refractivity contribution in [3.8, 4) is 67.7 Å². The zero-order valence-electron chi connectivity index (χ0n) is 81.3. The molecule has 11 nitrogen and oxygen atoms in total. The number of hydrogen-bond acceptors (Lipinski definition) is 11. The van der Waals surface area contributed by atoms with Crippen molar-refractivity contribution in [1.82, 2.24) is 15.0 Å². The van der Waals surface area contributed by atoms with E-state index in [1.54, 1.807) is 0 Å². The van der Waals surface area contributed by atoms with Crippen molar-refractivity contribution >= 4 is 193 Å². The first kappa shape index (κ1) is 87.8. The van der Waals surface area contributed by atoms with E-state index >= 15 is 0 Å². The zero-order valence-corrected chi connectivity index (χ0v) is 81.3. The maximum absolute atomic E-state index is 6.82. The third kappa shape index (κ3) is 15.8. The van der Waals surface area contributed by atoms with E-state index in [0.29, 0.717) is 23.6 Å². The highest BCUT2D eigenvalue weighted by atomic mass is 16.4. The van der Waals surface area contributed by atoms with Gasteiger partial charge in [-0.3, -0.25) is 0 Å². The third-order valence-electron chi connectivity index (χ3n) is 29.5. The summed E-state index contributed by atoms with van der Waals surface area (Å²) in [5.41, 5.74) is 29.9. The molecule has 2 atom stereocenters. The summed E-state index contributed by atoms with van der Waals surface area (Å²) in [4.78, 5) is 24.4. The van der Waals surface area contributed by atoms with Gasteiger partial charge in [-0.15, -0.1) is 0 Å². The number of hydrogen-bond donors (Lipinski definition) is 0. The number of para-hydroxylation sites is 4. The van der Waals surface area contributed by atoms with Gasteiger partial charge in [-0.1, -0.05) is 358 Å². The minimum atomic E-state index is 0.226. The van der Waals surface area contributed by atoms with Crippen molar-refractivity contribution < 1.29 is 17.7 Å². The minimum absolute atomic E-state index is 0.226. The predicted octanol–water partition coefficient (Wildman–Crippen LogP) is 38.6. The first-order valence-corrected chi connectivity index (χ1v) is 50.9. The number of oxazole rings is 3. The predicted molar refractivity (Wildman–Crippen MR) is 622 cm³/mol. The quantitative estimate of drug-likeness (QED) is 0.0864. The summed E-state index contributed by atoms with van der Waals surface area (Å²) >= 11 is 0. The summed E-state index contributed by atoms with van der Waals surface area (Å²) in [6.07, 6.45) is 9.03. The van der Waals surface area contributed by atoms with E-state index in [1.165, 1.54) is 50.0 Å². The van der Waals surface area contributed by atoms with E-state index in [9.17, 15) is 0 Å². The summed E-state index contributed by atoms with van der Waals surface area (Å²) in [5, 5.41) is 18.0. The van der Waals surface area contributed by atoms with Gasteiger partial charge in [0.25, 0.3) is 0 Å². The molecule has 28 aromatic rings. The first-order chi connectivity index (χ1) is 74.3. The van der Waals surface area contributed by atoms with Crippen LogP contribution in [0.4, 0.5) is 62.6 Å². The highest BCUT2D eigenvalue weighted by molar-refractivity contribution is 6.23. The molecule has 706 valence electrons. The molecule has 0 bridgehead atoms. The number of allylic oxidation sites excluding steroid dienone is 2. The molecule has 0 fully saturated rings. The number of anilines is 11. The van der Waals surface area contributed by atoms with Crippen LogP contribution in [-0.4, -0.2) is 21.0 Å². The van der Waals surface area contributed by atoms with E-state index in [2.05, 4.69) is 462 Å². The van der Waals surface area contributed by atoms with Crippen LogP contribution in [0.1, 0.15) is 11.5 Å². The van der Waals surface area contributed by atoms with Gasteiger partial charge in [-0.2, -0.15) is 0 Å². The van der Waals surface area contributed by atoms with Crippen LogP contribution < -0.4 is 19.6 Å². The standard InChI is InChI=1S/C51H35N3O.C45H28N2O2.C43H28N2O/c1-4-14-34(15-5-1)41-20-10-11-22-44(41)51-52-46-31-27-36-25-24-35-26-28-39(32-45(35)49(36)50(46)55-51)53(37-16-6-2-7-17-37)40-29-30-43-42-21-12-13-23-47(42)54(48(43)33-40)38-18-8-3-9-19-38;1-3-10-29(11-4-1)30-20-24-34(25-21-30)47(39-15-9-17-41-43(39)36-14-7-8-16-40(36)48-41)35-26-22-31-18-19-32-23-27-38-44(42(32)37(31)28-35)49-45(46-38)33-12-5-2-6-13-33;1-3-10-33(11-4-1)43-44-40-26-22-32-17-16-31-21-25-38(28-39(31)41(32)42(40)46-43)45(36-13-5-2-6-14-36)37-23-19-30(20-24-37)35-18-15-29-9-7-8-12-34(29)27-35/h1-33,42,47H;1-28H;1-28H.